The summed E-state index contributed by atoms with van der Waals surface area (Å²) in [6, 6.07) is 24.5. The van der Waals surface area contributed by atoms with E-state index in [0.717, 1.165) is 90.7 Å². The normalized spacial score (nSPS) is 17.2. The van der Waals surface area contributed by atoms with Gasteiger partial charge in [-0.1, -0.05) is 6.07 Å². The van der Waals surface area contributed by atoms with E-state index in [-0.39, 0.29) is 17.1 Å². The predicted octanol–water partition coefficient (Wildman–Crippen LogP) is 5.55. The molecule has 1 radical (unpaired) electrons. The van der Waals surface area contributed by atoms with Crippen LogP contribution in [0.1, 0.15) is 22.8 Å². The molecule has 0 unspecified atom stereocenters. The molecule has 249 valence electrons. The van der Waals surface area contributed by atoms with Gasteiger partial charge in [-0.3, -0.25) is 4.98 Å². The van der Waals surface area contributed by atoms with Crippen LogP contribution < -0.4 is 13.7 Å². The molecule has 4 aromatic rings. The Labute approximate surface area is 312 Å². The van der Waals surface area contributed by atoms with Crippen LogP contribution >= 0.6 is 0 Å². The zero-order valence-electron chi connectivity index (χ0n) is 28.8. The van der Waals surface area contributed by atoms with Gasteiger partial charge in [-0.15, -0.1) is 0 Å². The third kappa shape index (κ3) is 5.66. The minimum Gasteiger partial charge on any atom is -0.256 e. The summed E-state index contributed by atoms with van der Waals surface area (Å²) in [7, 11) is 6.15. The Morgan fingerprint density at radius 1 is 0.385 bits per heavy atom. The number of aryl methyl sites for hydroxylation is 3. The van der Waals surface area contributed by atoms with Gasteiger partial charge in [0.05, 0.1) is 73.6 Å². The van der Waals surface area contributed by atoms with E-state index in [0.29, 0.717) is 0 Å². The van der Waals surface area contributed by atoms with Crippen LogP contribution in [0.3, 0.4) is 0 Å². The van der Waals surface area contributed by atoms with Gasteiger partial charge in [-0.25, -0.2) is 33.7 Å². The number of allylic oxidation sites excluding steroid dienone is 12. The molecule has 9 heterocycles. The average molecular weight is 717 g/mol. The smallest absolute Gasteiger partial charge is 0.216 e. The fraction of sp³-hybridized carbons (Fsp3) is 0.0698. The molecule has 0 atom stereocenters. The molecule has 9 rings (SSSR count). The molecule has 0 aliphatic carbocycles. The van der Waals surface area contributed by atoms with E-state index in [1.54, 1.807) is 0 Å². The second-order valence-electron chi connectivity index (χ2n) is 12.7. The standard InChI is InChI=1S/C43H33N8.Mn/c1-49-25-9-5-13-37(49)41-31-18-16-29(45-31)40(28-12-4-8-24-44-28)30-17-19-32(46-30)42(38-14-6-10-26-50(38)2)34-21-23-36(48-34)43(35-22-20-33(41)47-35)39-15-7-11-27-51(39)3;/h4-27H,1-3H3;/q+3;. The summed E-state index contributed by atoms with van der Waals surface area (Å²) in [5.74, 6) is 0. The van der Waals surface area contributed by atoms with Crippen molar-refractivity contribution in [1.82, 2.24) is 4.98 Å². The van der Waals surface area contributed by atoms with Crippen LogP contribution in [0.2, 0.25) is 0 Å². The van der Waals surface area contributed by atoms with Gasteiger partial charge in [-0.2, -0.15) is 0 Å². The van der Waals surface area contributed by atoms with E-state index in [1.165, 1.54) is 0 Å². The van der Waals surface area contributed by atoms with Gasteiger partial charge in [-0.05, 0) is 78.9 Å². The predicted molar refractivity (Wildman–Crippen MR) is 201 cm³/mol. The summed E-state index contributed by atoms with van der Waals surface area (Å²) < 4.78 is 6.34. The fourth-order valence-electron chi connectivity index (χ4n) is 7.00. The van der Waals surface area contributed by atoms with Crippen molar-refractivity contribution < 1.29 is 30.8 Å². The first kappa shape index (κ1) is 32.9. The third-order valence-electron chi connectivity index (χ3n) is 9.46. The number of rotatable bonds is 4. The van der Waals surface area contributed by atoms with E-state index in [9.17, 15) is 0 Å². The van der Waals surface area contributed by atoms with Gasteiger partial charge >= 0.3 is 0 Å². The van der Waals surface area contributed by atoms with Crippen molar-refractivity contribution in [3.63, 3.8) is 0 Å². The number of aliphatic imine (C=N–C) groups is 4. The molecule has 5 aliphatic rings. The zero-order valence-corrected chi connectivity index (χ0v) is 30.0. The van der Waals surface area contributed by atoms with E-state index >= 15 is 0 Å². The summed E-state index contributed by atoms with van der Waals surface area (Å²) in [6.45, 7) is 0. The van der Waals surface area contributed by atoms with Crippen molar-refractivity contribution in [2.75, 3.05) is 0 Å². The quantitative estimate of drug-likeness (QED) is 0.202. The number of hydrogen-bond donors (Lipinski definition) is 0. The Morgan fingerprint density at radius 2 is 0.731 bits per heavy atom. The Morgan fingerprint density at radius 3 is 1.08 bits per heavy atom. The topological polar surface area (TPSA) is 74.0 Å². The third-order valence-corrected chi connectivity index (χ3v) is 9.46. The van der Waals surface area contributed by atoms with Gasteiger partial charge in [0.1, 0.15) is 21.1 Å². The van der Waals surface area contributed by atoms with Crippen LogP contribution in [-0.2, 0) is 38.2 Å². The Kier molecular flexibility index (Phi) is 8.51. The minimum atomic E-state index is 0. The molecule has 0 aromatic carbocycles. The number of hydrogen-bond acceptors (Lipinski definition) is 5. The second-order valence-corrected chi connectivity index (χ2v) is 12.7. The molecule has 8 bridgehead atoms. The van der Waals surface area contributed by atoms with Crippen LogP contribution in [-0.4, -0.2) is 27.8 Å². The number of aromatic nitrogens is 4. The van der Waals surface area contributed by atoms with Crippen molar-refractivity contribution >= 4 is 45.1 Å². The zero-order chi connectivity index (χ0) is 34.5. The van der Waals surface area contributed by atoms with Crippen molar-refractivity contribution in [2.45, 2.75) is 0 Å². The molecule has 0 amide bonds. The van der Waals surface area contributed by atoms with Crippen LogP contribution in [0.25, 0.3) is 22.3 Å². The first-order valence-electron chi connectivity index (χ1n) is 16.9. The molecule has 52 heavy (non-hydrogen) atoms. The Balaban J connectivity index is 0.00000387. The maximum absolute atomic E-state index is 5.36. The molecule has 8 nitrogen and oxygen atoms in total. The molecule has 9 heteroatoms. The first-order chi connectivity index (χ1) is 25.0. The molecule has 4 aromatic heterocycles. The van der Waals surface area contributed by atoms with E-state index in [1.807, 2.05) is 81.2 Å². The number of fused-ring (bicyclic) bond motifs is 4. The fourth-order valence-corrected chi connectivity index (χ4v) is 7.00. The van der Waals surface area contributed by atoms with Gasteiger partial charge < -0.3 is 0 Å². The Bertz CT molecular complexity index is 2540. The van der Waals surface area contributed by atoms with Crippen molar-refractivity contribution in [3.8, 4) is 0 Å². The largest absolute Gasteiger partial charge is 0.256 e. The molecule has 0 N–H and O–H groups in total. The van der Waals surface area contributed by atoms with Gasteiger partial charge in [0.15, 0.2) is 18.6 Å². The summed E-state index contributed by atoms with van der Waals surface area (Å²) in [5.41, 5.74) is 13.9. The average Bonchev–Trinajstić information content (AvgIpc) is 3.99. The molecule has 0 spiro atoms. The minimum absolute atomic E-state index is 0. The number of nitrogens with zero attached hydrogens (tertiary/aromatic N) is 8. The van der Waals surface area contributed by atoms with Crippen molar-refractivity contribution in [1.29, 1.82) is 0 Å². The van der Waals surface area contributed by atoms with E-state index in [2.05, 4.69) is 99.8 Å². The maximum atomic E-state index is 5.36. The molecule has 0 saturated carbocycles. The monoisotopic (exact) mass is 716 g/mol. The summed E-state index contributed by atoms with van der Waals surface area (Å²) in [5, 5.41) is 0. The van der Waals surface area contributed by atoms with Crippen LogP contribution in [0.4, 0.5) is 0 Å². The molecular formula is C43H33MnN8+3. The maximum Gasteiger partial charge on any atom is 0.216 e. The first-order valence-corrected chi connectivity index (χ1v) is 16.9. The van der Waals surface area contributed by atoms with Gasteiger partial charge in [0.25, 0.3) is 0 Å². The molecule has 0 fully saturated rings. The van der Waals surface area contributed by atoms with Crippen molar-refractivity contribution in [3.05, 3.63) is 192 Å². The van der Waals surface area contributed by atoms with E-state index < -0.39 is 0 Å². The SMILES string of the molecule is C[n+]1ccccc1C1=C2C=CC(=N2)C(c2ccccn2)=C2C=CC(=N2)C(c2cccc[n+]2C)=C2C=CC(=N2)C(c2cccc[n+]2C)=C2C=CC1=N2.[Mn]. The summed E-state index contributed by atoms with van der Waals surface area (Å²) in [4.78, 5) is 26.1. The van der Waals surface area contributed by atoms with Crippen LogP contribution in [0, 0.1) is 0 Å². The van der Waals surface area contributed by atoms with Crippen molar-refractivity contribution in [2.24, 2.45) is 41.1 Å². The van der Waals surface area contributed by atoms with Gasteiger partial charge in [0, 0.05) is 59.7 Å². The summed E-state index contributed by atoms with van der Waals surface area (Å²) in [6.07, 6.45) is 24.6. The molecular weight excluding hydrogens is 683 g/mol. The number of pyridine rings is 4. The van der Waals surface area contributed by atoms with Crippen LogP contribution in [0.5, 0.6) is 0 Å². The molecule has 5 aliphatic heterocycles. The van der Waals surface area contributed by atoms with E-state index in [4.69, 9.17) is 25.0 Å². The molecule has 0 saturated heterocycles. The van der Waals surface area contributed by atoms with Crippen LogP contribution in [0.15, 0.2) is 189 Å². The Hall–Kier alpha value is -6.28. The second kappa shape index (κ2) is 13.4. The van der Waals surface area contributed by atoms with Gasteiger partial charge in [0.2, 0.25) is 17.1 Å². The summed E-state index contributed by atoms with van der Waals surface area (Å²) >= 11 is 0.